The molecule has 4 heterocycles. The molecule has 0 bridgehead atoms. The Kier molecular flexibility index (Phi) is 3.47. The Hall–Kier alpha value is -2.80. The van der Waals surface area contributed by atoms with Gasteiger partial charge >= 0.3 is 0 Å². The van der Waals surface area contributed by atoms with Crippen molar-refractivity contribution in [3.05, 3.63) is 60.3 Å². The number of pyridine rings is 1. The van der Waals surface area contributed by atoms with Crippen LogP contribution in [0.25, 0.3) is 5.65 Å². The molecule has 1 aliphatic heterocycles. The molecule has 1 aliphatic rings. The zero-order valence-corrected chi connectivity index (χ0v) is 12.4. The lowest BCUT2D eigenvalue weighted by Crippen LogP contribution is -2.42. The molecule has 4 rings (SSSR count). The van der Waals surface area contributed by atoms with Gasteiger partial charge in [0, 0.05) is 31.3 Å². The van der Waals surface area contributed by atoms with E-state index >= 15 is 0 Å². The first kappa shape index (κ1) is 13.8. The highest BCUT2D eigenvalue weighted by Gasteiger charge is 2.28. The van der Waals surface area contributed by atoms with E-state index in [1.165, 1.54) is 0 Å². The summed E-state index contributed by atoms with van der Waals surface area (Å²) in [7, 11) is 0. The van der Waals surface area contributed by atoms with Crippen molar-refractivity contribution in [3.63, 3.8) is 0 Å². The van der Waals surface area contributed by atoms with E-state index < -0.39 is 0 Å². The first-order chi connectivity index (χ1) is 11.3. The molecule has 3 aromatic heterocycles. The van der Waals surface area contributed by atoms with Crippen LogP contribution >= 0.6 is 0 Å². The number of aromatic nitrogens is 4. The molecule has 1 saturated heterocycles. The van der Waals surface area contributed by atoms with Crippen molar-refractivity contribution < 1.29 is 9.53 Å². The fourth-order valence-electron chi connectivity index (χ4n) is 2.76. The Bertz CT molecular complexity index is 833. The lowest BCUT2D eigenvalue weighted by Gasteiger charge is -2.33. The minimum absolute atomic E-state index is 0.0685. The topological polar surface area (TPSA) is 72.6 Å². The third-order valence-electron chi connectivity index (χ3n) is 3.94. The van der Waals surface area contributed by atoms with Crippen LogP contribution in [0.2, 0.25) is 0 Å². The first-order valence-electron chi connectivity index (χ1n) is 7.42. The number of morpholine rings is 1. The van der Waals surface area contributed by atoms with E-state index in [0.29, 0.717) is 30.9 Å². The highest BCUT2D eigenvalue weighted by Crippen LogP contribution is 2.23. The van der Waals surface area contributed by atoms with Crippen LogP contribution in [-0.2, 0) is 4.74 Å². The van der Waals surface area contributed by atoms with Crippen LogP contribution < -0.4 is 0 Å². The maximum atomic E-state index is 12.8. The maximum Gasteiger partial charge on any atom is 0.259 e. The van der Waals surface area contributed by atoms with Gasteiger partial charge in [0.05, 0.1) is 19.3 Å². The third-order valence-corrected chi connectivity index (χ3v) is 3.94. The Morgan fingerprint density at radius 2 is 2.13 bits per heavy atom. The quantitative estimate of drug-likeness (QED) is 0.714. The molecule has 7 nitrogen and oxygen atoms in total. The van der Waals surface area contributed by atoms with Gasteiger partial charge in [0.25, 0.3) is 5.91 Å². The summed E-state index contributed by atoms with van der Waals surface area (Å²) < 4.78 is 7.40. The number of nitrogens with zero attached hydrogens (tertiary/aromatic N) is 5. The Labute approximate surface area is 132 Å². The van der Waals surface area contributed by atoms with Gasteiger partial charge < -0.3 is 9.64 Å². The van der Waals surface area contributed by atoms with Gasteiger partial charge in [0.2, 0.25) is 0 Å². The summed E-state index contributed by atoms with van der Waals surface area (Å²) in [6.07, 6.45) is 8.33. The molecule has 0 radical (unpaired) electrons. The number of carbonyl (C=O) groups is 1. The third kappa shape index (κ3) is 2.55. The second kappa shape index (κ2) is 5.77. The van der Waals surface area contributed by atoms with Crippen LogP contribution in [0.5, 0.6) is 0 Å². The molecule has 0 aliphatic carbocycles. The molecule has 0 unspecified atom stereocenters. The van der Waals surface area contributed by atoms with Gasteiger partial charge in [-0.3, -0.25) is 9.78 Å². The number of fused-ring (bicyclic) bond motifs is 1. The molecule has 1 fully saturated rings. The number of carbonyl (C=O) groups excluding carboxylic acids is 1. The Balaban J connectivity index is 1.59. The van der Waals surface area contributed by atoms with E-state index in [1.807, 2.05) is 12.1 Å². The van der Waals surface area contributed by atoms with Gasteiger partial charge in [-0.15, -0.1) is 0 Å². The minimum Gasteiger partial charge on any atom is -0.370 e. The van der Waals surface area contributed by atoms with Gasteiger partial charge in [-0.25, -0.2) is 9.50 Å². The zero-order valence-electron chi connectivity index (χ0n) is 12.4. The number of ether oxygens (including phenoxy) is 1. The normalized spacial score (nSPS) is 18.3. The molecule has 0 saturated carbocycles. The molecule has 1 amide bonds. The van der Waals surface area contributed by atoms with E-state index in [1.54, 1.807) is 46.5 Å². The average Bonchev–Trinajstić information content (AvgIpc) is 3.06. The van der Waals surface area contributed by atoms with Crippen molar-refractivity contribution in [2.24, 2.45) is 0 Å². The molecule has 0 N–H and O–H groups in total. The van der Waals surface area contributed by atoms with Crippen molar-refractivity contribution >= 4 is 11.6 Å². The van der Waals surface area contributed by atoms with Gasteiger partial charge in [-0.05, 0) is 23.8 Å². The molecule has 1 atom stereocenters. The highest BCUT2D eigenvalue weighted by atomic mass is 16.5. The maximum absolute atomic E-state index is 12.8. The van der Waals surface area contributed by atoms with Crippen LogP contribution in [0.3, 0.4) is 0 Å². The standard InChI is InChI=1S/C16H15N5O2/c22-16(13-10-19-21-7-1-4-18-15(13)21)20-8-9-23-14(11-20)12-2-5-17-6-3-12/h1-7,10,14H,8-9,11H2/t14-/m1/s1. The van der Waals surface area contributed by atoms with Crippen molar-refractivity contribution in [3.8, 4) is 0 Å². The first-order valence-corrected chi connectivity index (χ1v) is 7.42. The van der Waals surface area contributed by atoms with E-state index in [9.17, 15) is 4.79 Å². The van der Waals surface area contributed by atoms with E-state index in [0.717, 1.165) is 5.56 Å². The average molecular weight is 309 g/mol. The van der Waals surface area contributed by atoms with Crippen LogP contribution in [0.4, 0.5) is 0 Å². The fraction of sp³-hybridized carbons (Fsp3) is 0.250. The number of hydrogen-bond donors (Lipinski definition) is 0. The molecule has 0 aromatic carbocycles. The largest absolute Gasteiger partial charge is 0.370 e. The molecule has 0 spiro atoms. The van der Waals surface area contributed by atoms with E-state index in [-0.39, 0.29) is 12.0 Å². The van der Waals surface area contributed by atoms with Crippen LogP contribution in [0.15, 0.2) is 49.2 Å². The number of rotatable bonds is 2. The monoisotopic (exact) mass is 309 g/mol. The summed E-state index contributed by atoms with van der Waals surface area (Å²) in [5, 5.41) is 4.18. The minimum atomic E-state index is -0.134. The van der Waals surface area contributed by atoms with Crippen molar-refractivity contribution in [1.29, 1.82) is 0 Å². The molecule has 7 heteroatoms. The van der Waals surface area contributed by atoms with Crippen molar-refractivity contribution in [1.82, 2.24) is 24.5 Å². The fourth-order valence-corrected chi connectivity index (χ4v) is 2.76. The van der Waals surface area contributed by atoms with Crippen molar-refractivity contribution in [2.75, 3.05) is 19.7 Å². The smallest absolute Gasteiger partial charge is 0.259 e. The van der Waals surface area contributed by atoms with Gasteiger partial charge in [-0.2, -0.15) is 5.10 Å². The van der Waals surface area contributed by atoms with Crippen LogP contribution in [0.1, 0.15) is 22.0 Å². The highest BCUT2D eigenvalue weighted by molar-refractivity contribution is 5.99. The molecular formula is C16H15N5O2. The summed E-state index contributed by atoms with van der Waals surface area (Å²) in [6, 6.07) is 5.60. The molecular weight excluding hydrogens is 294 g/mol. The number of hydrogen-bond acceptors (Lipinski definition) is 5. The summed E-state index contributed by atoms with van der Waals surface area (Å²) >= 11 is 0. The van der Waals surface area contributed by atoms with Gasteiger partial charge in [-0.1, -0.05) is 0 Å². The van der Waals surface area contributed by atoms with Gasteiger partial charge in [0.1, 0.15) is 11.7 Å². The van der Waals surface area contributed by atoms with Crippen LogP contribution in [-0.4, -0.2) is 50.1 Å². The SMILES string of the molecule is O=C(c1cnn2cccnc12)N1CCO[C@@H](c2ccncc2)C1. The summed E-state index contributed by atoms with van der Waals surface area (Å²) in [5.74, 6) is -0.0685. The van der Waals surface area contributed by atoms with E-state index in [4.69, 9.17) is 4.74 Å². The van der Waals surface area contributed by atoms with Crippen molar-refractivity contribution in [2.45, 2.75) is 6.10 Å². The lowest BCUT2D eigenvalue weighted by molar-refractivity contribution is -0.0228. The van der Waals surface area contributed by atoms with Gasteiger partial charge in [0.15, 0.2) is 5.65 Å². The number of amides is 1. The molecule has 3 aromatic rings. The van der Waals surface area contributed by atoms with Crippen LogP contribution in [0, 0.1) is 0 Å². The molecule has 23 heavy (non-hydrogen) atoms. The predicted octanol–water partition coefficient (Wildman–Crippen LogP) is 1.34. The second-order valence-corrected chi connectivity index (χ2v) is 5.34. The zero-order chi connectivity index (χ0) is 15.6. The second-order valence-electron chi connectivity index (χ2n) is 5.34. The Morgan fingerprint density at radius 1 is 1.26 bits per heavy atom. The van der Waals surface area contributed by atoms with E-state index in [2.05, 4.69) is 15.1 Å². The Morgan fingerprint density at radius 3 is 3.00 bits per heavy atom. The lowest BCUT2D eigenvalue weighted by atomic mass is 10.1. The molecule has 116 valence electrons. The summed E-state index contributed by atoms with van der Waals surface area (Å²) in [6.45, 7) is 1.57. The summed E-state index contributed by atoms with van der Waals surface area (Å²) in [5.41, 5.74) is 2.11. The summed E-state index contributed by atoms with van der Waals surface area (Å²) in [4.78, 5) is 22.9. The predicted molar refractivity (Wildman–Crippen MR) is 81.8 cm³/mol.